The highest BCUT2D eigenvalue weighted by atomic mass is 19.1. The van der Waals surface area contributed by atoms with Crippen LogP contribution in [0.25, 0.3) is 0 Å². The van der Waals surface area contributed by atoms with Gasteiger partial charge >= 0.3 is 0 Å². The van der Waals surface area contributed by atoms with Gasteiger partial charge in [0, 0.05) is 11.5 Å². The maximum atomic E-state index is 13.5. The van der Waals surface area contributed by atoms with E-state index in [2.05, 4.69) is 6.58 Å². The van der Waals surface area contributed by atoms with E-state index in [0.717, 1.165) is 0 Å². The van der Waals surface area contributed by atoms with Crippen LogP contribution in [0.4, 0.5) is 4.39 Å². The second-order valence-electron chi connectivity index (χ2n) is 3.00. The van der Waals surface area contributed by atoms with Gasteiger partial charge < -0.3 is 5.11 Å². The Balaban J connectivity index is 3.14. The molecule has 1 N–H and O–H groups in total. The van der Waals surface area contributed by atoms with Gasteiger partial charge in [0.1, 0.15) is 5.82 Å². The summed E-state index contributed by atoms with van der Waals surface area (Å²) in [7, 11) is 0. The van der Waals surface area contributed by atoms with Crippen LogP contribution >= 0.6 is 0 Å². The molecule has 0 aliphatic carbocycles. The molecule has 1 nitrogen and oxygen atoms in total. The summed E-state index contributed by atoms with van der Waals surface area (Å²) in [6.07, 6.45) is 1.68. The molecule has 0 spiro atoms. The fourth-order valence-electron chi connectivity index (χ4n) is 1.20. The van der Waals surface area contributed by atoms with E-state index < -0.39 is 0 Å². The van der Waals surface area contributed by atoms with Crippen molar-refractivity contribution in [1.29, 1.82) is 0 Å². The summed E-state index contributed by atoms with van der Waals surface area (Å²) < 4.78 is 13.5. The lowest BCUT2D eigenvalue weighted by atomic mass is 9.98. The highest BCUT2D eigenvalue weighted by Crippen LogP contribution is 2.22. The number of aliphatic hydroxyl groups excluding tert-OH is 1. The van der Waals surface area contributed by atoms with E-state index in [1.807, 2.05) is 6.92 Å². The van der Waals surface area contributed by atoms with E-state index in [1.54, 1.807) is 24.3 Å². The molecule has 0 aliphatic heterocycles. The lowest BCUT2D eigenvalue weighted by Crippen LogP contribution is -1.98. The molecule has 0 bridgehead atoms. The zero-order valence-corrected chi connectivity index (χ0v) is 7.63. The highest BCUT2D eigenvalue weighted by molar-refractivity contribution is 5.30. The first-order valence-electron chi connectivity index (χ1n) is 4.21. The van der Waals surface area contributed by atoms with Gasteiger partial charge in [0.05, 0.1) is 6.61 Å². The molecular formula is C11H13FO. The maximum Gasteiger partial charge on any atom is 0.132 e. The summed E-state index contributed by atoms with van der Waals surface area (Å²) in [4.78, 5) is 0. The Labute approximate surface area is 77.5 Å². The van der Waals surface area contributed by atoms with Gasteiger partial charge in [-0.3, -0.25) is 0 Å². The fraction of sp³-hybridized carbons (Fsp3) is 0.273. The molecule has 1 aromatic carbocycles. The molecule has 0 aliphatic rings. The van der Waals surface area contributed by atoms with Crippen LogP contribution in [0.5, 0.6) is 0 Å². The molecule has 13 heavy (non-hydrogen) atoms. The van der Waals surface area contributed by atoms with Crippen molar-refractivity contribution >= 4 is 0 Å². The van der Waals surface area contributed by atoms with E-state index in [-0.39, 0.29) is 18.3 Å². The first-order chi connectivity index (χ1) is 6.20. The van der Waals surface area contributed by atoms with Crippen molar-refractivity contribution in [3.05, 3.63) is 47.8 Å². The quantitative estimate of drug-likeness (QED) is 0.709. The summed E-state index contributed by atoms with van der Waals surface area (Å²) in [5.41, 5.74) is 0.924. The van der Waals surface area contributed by atoms with Crippen molar-refractivity contribution in [3.8, 4) is 0 Å². The Bertz CT molecular complexity index is 307. The number of rotatable bonds is 3. The molecule has 0 heterocycles. The van der Waals surface area contributed by atoms with Crippen LogP contribution in [0, 0.1) is 5.82 Å². The minimum Gasteiger partial charge on any atom is -0.392 e. The summed E-state index contributed by atoms with van der Waals surface area (Å²) in [5.74, 6) is -0.344. The minimum absolute atomic E-state index is 0.0218. The van der Waals surface area contributed by atoms with Crippen molar-refractivity contribution in [2.75, 3.05) is 0 Å². The zero-order chi connectivity index (χ0) is 9.84. The minimum atomic E-state index is -0.322. The predicted molar refractivity (Wildman–Crippen MR) is 50.9 cm³/mol. The Morgan fingerprint density at radius 2 is 2.31 bits per heavy atom. The molecule has 2 heteroatoms. The van der Waals surface area contributed by atoms with E-state index in [1.165, 1.54) is 0 Å². The topological polar surface area (TPSA) is 20.2 Å². The van der Waals surface area contributed by atoms with Gasteiger partial charge in [-0.05, 0) is 5.56 Å². The molecule has 70 valence electrons. The third kappa shape index (κ3) is 1.95. The lowest BCUT2D eigenvalue weighted by molar-refractivity contribution is 0.275. The fourth-order valence-corrected chi connectivity index (χ4v) is 1.20. The van der Waals surface area contributed by atoms with Gasteiger partial charge in [0.25, 0.3) is 0 Å². The molecule has 0 amide bonds. The molecule has 0 saturated carbocycles. The third-order valence-corrected chi connectivity index (χ3v) is 2.12. The summed E-state index contributed by atoms with van der Waals surface area (Å²) in [6, 6.07) is 5.03. The van der Waals surface area contributed by atoms with Crippen molar-refractivity contribution in [3.63, 3.8) is 0 Å². The van der Waals surface area contributed by atoms with E-state index in [4.69, 9.17) is 5.11 Å². The van der Waals surface area contributed by atoms with Crippen molar-refractivity contribution in [2.45, 2.75) is 19.4 Å². The van der Waals surface area contributed by atoms with Gasteiger partial charge in [-0.1, -0.05) is 31.2 Å². The Hall–Kier alpha value is -1.15. The van der Waals surface area contributed by atoms with Gasteiger partial charge in [-0.25, -0.2) is 4.39 Å². The standard InChI is InChI=1S/C11H13FO/c1-3-8(2)10-6-4-5-9(7-13)11(10)12/h3-6,8,13H,1,7H2,2H3. The second-order valence-corrected chi connectivity index (χ2v) is 3.00. The molecule has 1 atom stereocenters. The van der Waals surface area contributed by atoms with Crippen LogP contribution in [0.1, 0.15) is 24.0 Å². The van der Waals surface area contributed by atoms with Crippen LogP contribution in [0.15, 0.2) is 30.9 Å². The van der Waals surface area contributed by atoms with Crippen LogP contribution in [0.3, 0.4) is 0 Å². The molecule has 0 fully saturated rings. The lowest BCUT2D eigenvalue weighted by Gasteiger charge is -2.09. The normalized spacial score (nSPS) is 12.5. The molecule has 1 unspecified atom stereocenters. The Kier molecular flexibility index (Phi) is 3.20. The number of aliphatic hydroxyl groups is 1. The third-order valence-electron chi connectivity index (χ3n) is 2.12. The van der Waals surface area contributed by atoms with Crippen molar-refractivity contribution in [1.82, 2.24) is 0 Å². The second kappa shape index (κ2) is 4.19. The Morgan fingerprint density at radius 1 is 1.62 bits per heavy atom. The maximum absolute atomic E-state index is 13.5. The number of allylic oxidation sites excluding steroid dienone is 1. The number of hydrogen-bond acceptors (Lipinski definition) is 1. The first-order valence-corrected chi connectivity index (χ1v) is 4.21. The van der Waals surface area contributed by atoms with Gasteiger partial charge in [-0.2, -0.15) is 0 Å². The van der Waals surface area contributed by atoms with Crippen LogP contribution in [-0.4, -0.2) is 5.11 Å². The number of halogens is 1. The first kappa shape index (κ1) is 9.93. The molecule has 1 rings (SSSR count). The highest BCUT2D eigenvalue weighted by Gasteiger charge is 2.10. The summed E-state index contributed by atoms with van der Waals surface area (Å²) >= 11 is 0. The van der Waals surface area contributed by atoms with Crippen molar-refractivity contribution < 1.29 is 9.50 Å². The van der Waals surface area contributed by atoms with Crippen LogP contribution in [0.2, 0.25) is 0 Å². The van der Waals surface area contributed by atoms with Crippen LogP contribution < -0.4 is 0 Å². The zero-order valence-electron chi connectivity index (χ0n) is 7.63. The average molecular weight is 180 g/mol. The summed E-state index contributed by atoms with van der Waals surface area (Å²) in [6.45, 7) is 5.21. The smallest absolute Gasteiger partial charge is 0.132 e. The molecule has 0 radical (unpaired) electrons. The van der Waals surface area contributed by atoms with Gasteiger partial charge in [0.15, 0.2) is 0 Å². The molecule has 0 saturated heterocycles. The molecular weight excluding hydrogens is 167 g/mol. The van der Waals surface area contributed by atoms with Gasteiger partial charge in [-0.15, -0.1) is 6.58 Å². The van der Waals surface area contributed by atoms with E-state index in [9.17, 15) is 4.39 Å². The average Bonchev–Trinajstić information content (AvgIpc) is 2.17. The van der Waals surface area contributed by atoms with E-state index >= 15 is 0 Å². The monoisotopic (exact) mass is 180 g/mol. The van der Waals surface area contributed by atoms with Crippen LogP contribution in [-0.2, 0) is 6.61 Å². The molecule has 1 aromatic rings. The van der Waals surface area contributed by atoms with Crippen molar-refractivity contribution in [2.24, 2.45) is 0 Å². The number of benzene rings is 1. The Morgan fingerprint density at radius 3 is 2.85 bits per heavy atom. The summed E-state index contributed by atoms with van der Waals surface area (Å²) in [5, 5.41) is 8.83. The van der Waals surface area contributed by atoms with E-state index in [0.29, 0.717) is 11.1 Å². The number of hydrogen-bond donors (Lipinski definition) is 1. The molecule has 0 aromatic heterocycles. The largest absolute Gasteiger partial charge is 0.392 e. The SMILES string of the molecule is C=CC(C)c1cccc(CO)c1F. The predicted octanol–water partition coefficient (Wildman–Crippen LogP) is 2.61. The van der Waals surface area contributed by atoms with Gasteiger partial charge in [0.2, 0.25) is 0 Å².